The topological polar surface area (TPSA) is 67.4 Å². The van der Waals surface area contributed by atoms with Crippen LogP contribution >= 0.6 is 37.2 Å². The summed E-state index contributed by atoms with van der Waals surface area (Å²) in [5.74, 6) is 0.181. The average Bonchev–Trinajstić information content (AvgIpc) is 2.66. The van der Waals surface area contributed by atoms with E-state index in [1.807, 2.05) is 16.6 Å². The summed E-state index contributed by atoms with van der Waals surface area (Å²) in [6.45, 7) is 8.97. The number of nitrogens with two attached hydrogens (primary N) is 1. The second-order valence-electron chi connectivity index (χ2n) is 5.47. The van der Waals surface area contributed by atoms with Gasteiger partial charge in [-0.15, -0.1) is 37.2 Å². The highest BCUT2D eigenvalue weighted by molar-refractivity contribution is 5.86. The monoisotopic (exact) mass is 387 g/mol. The van der Waals surface area contributed by atoms with Gasteiger partial charge in [-0.25, -0.2) is 0 Å². The molecule has 0 aliphatic carbocycles. The molecule has 0 bridgehead atoms. The molecule has 1 aromatic rings. The van der Waals surface area contributed by atoms with Gasteiger partial charge in [-0.3, -0.25) is 14.4 Å². The summed E-state index contributed by atoms with van der Waals surface area (Å²) >= 11 is 0. The molecule has 1 aliphatic rings. The molecule has 0 spiro atoms. The van der Waals surface area contributed by atoms with Gasteiger partial charge in [0.2, 0.25) is 5.91 Å². The van der Waals surface area contributed by atoms with Gasteiger partial charge in [0, 0.05) is 64.0 Å². The molecule has 1 amide bonds. The van der Waals surface area contributed by atoms with Gasteiger partial charge in [0.05, 0.1) is 5.69 Å². The summed E-state index contributed by atoms with van der Waals surface area (Å²) in [7, 11) is 1.98. The molecule has 1 fully saturated rings. The van der Waals surface area contributed by atoms with E-state index in [0.717, 1.165) is 38.4 Å². The van der Waals surface area contributed by atoms with E-state index in [1.165, 1.54) is 11.3 Å². The molecule has 136 valence electrons. The van der Waals surface area contributed by atoms with E-state index in [1.54, 1.807) is 0 Å². The van der Waals surface area contributed by atoms with Crippen LogP contribution < -0.4 is 5.73 Å². The largest absolute Gasteiger partial charge is 0.340 e. The minimum absolute atomic E-state index is 0. The summed E-state index contributed by atoms with van der Waals surface area (Å²) in [4.78, 5) is 16.1. The van der Waals surface area contributed by atoms with E-state index in [-0.39, 0.29) is 43.1 Å². The second-order valence-corrected chi connectivity index (χ2v) is 5.47. The van der Waals surface area contributed by atoms with Crippen LogP contribution in [0.3, 0.4) is 0 Å². The van der Waals surface area contributed by atoms with Gasteiger partial charge in [-0.1, -0.05) is 0 Å². The van der Waals surface area contributed by atoms with E-state index in [4.69, 9.17) is 5.73 Å². The van der Waals surface area contributed by atoms with Crippen molar-refractivity contribution < 1.29 is 4.79 Å². The number of carbonyl (C=O) groups excluding carboxylic acids is 1. The maximum atomic E-state index is 11.8. The van der Waals surface area contributed by atoms with Gasteiger partial charge in [-0.2, -0.15) is 5.10 Å². The van der Waals surface area contributed by atoms with Crippen molar-refractivity contribution in [3.8, 4) is 0 Å². The van der Waals surface area contributed by atoms with Crippen LogP contribution in [0.2, 0.25) is 0 Å². The van der Waals surface area contributed by atoms with Gasteiger partial charge < -0.3 is 10.6 Å². The lowest BCUT2D eigenvalue weighted by Crippen LogP contribution is -2.48. The zero-order chi connectivity index (χ0) is 14.7. The highest BCUT2D eigenvalue weighted by Crippen LogP contribution is 2.16. The van der Waals surface area contributed by atoms with Crippen molar-refractivity contribution in [2.24, 2.45) is 12.8 Å². The number of rotatable bonds is 4. The molecule has 9 heteroatoms. The van der Waals surface area contributed by atoms with Gasteiger partial charge in [0.15, 0.2) is 0 Å². The Balaban J connectivity index is 0. The number of amides is 1. The fourth-order valence-electron chi connectivity index (χ4n) is 2.71. The zero-order valence-electron chi connectivity index (χ0n) is 13.9. The van der Waals surface area contributed by atoms with Gasteiger partial charge in [0.25, 0.3) is 0 Å². The van der Waals surface area contributed by atoms with E-state index in [0.29, 0.717) is 13.0 Å². The normalized spacial score (nSPS) is 14.5. The highest BCUT2D eigenvalue weighted by Gasteiger charge is 2.22. The molecule has 1 aromatic heterocycles. The third kappa shape index (κ3) is 6.12. The molecule has 2 heterocycles. The summed E-state index contributed by atoms with van der Waals surface area (Å²) < 4.78 is 1.94. The van der Waals surface area contributed by atoms with Crippen molar-refractivity contribution in [3.63, 3.8) is 0 Å². The number of hydrogen-bond acceptors (Lipinski definition) is 4. The number of aromatic nitrogens is 2. The Bertz CT molecular complexity index is 487. The molecule has 6 nitrogen and oxygen atoms in total. The molecular weight excluding hydrogens is 361 g/mol. The number of halogens is 3. The van der Waals surface area contributed by atoms with Crippen molar-refractivity contribution in [1.29, 1.82) is 0 Å². The number of aryl methyl sites for hydroxylation is 2. The van der Waals surface area contributed by atoms with E-state index >= 15 is 0 Å². The predicted octanol–water partition coefficient (Wildman–Crippen LogP) is 1.30. The Morgan fingerprint density at radius 3 is 2.13 bits per heavy atom. The van der Waals surface area contributed by atoms with Crippen LogP contribution in [-0.2, 0) is 18.4 Å². The maximum Gasteiger partial charge on any atom is 0.223 e. The number of hydrogen-bond donors (Lipinski definition) is 1. The molecule has 23 heavy (non-hydrogen) atoms. The molecule has 0 saturated carbocycles. The first-order chi connectivity index (χ1) is 9.52. The van der Waals surface area contributed by atoms with Crippen molar-refractivity contribution in [2.75, 3.05) is 32.7 Å². The molecule has 0 atom stereocenters. The lowest BCUT2D eigenvalue weighted by Gasteiger charge is -2.34. The third-order valence-corrected chi connectivity index (χ3v) is 4.12. The molecule has 0 aromatic carbocycles. The highest BCUT2D eigenvalue weighted by atomic mass is 35.5. The maximum absolute atomic E-state index is 11.8. The van der Waals surface area contributed by atoms with Crippen LogP contribution in [0.25, 0.3) is 0 Å². The Labute approximate surface area is 157 Å². The van der Waals surface area contributed by atoms with Crippen molar-refractivity contribution in [2.45, 2.75) is 26.8 Å². The summed E-state index contributed by atoms with van der Waals surface area (Å²) in [5.41, 5.74) is 9.08. The molecule has 0 radical (unpaired) electrons. The third-order valence-electron chi connectivity index (χ3n) is 4.12. The molecule has 2 N–H and O–H groups in total. The van der Waals surface area contributed by atoms with Crippen molar-refractivity contribution in [1.82, 2.24) is 19.6 Å². The molecule has 0 unspecified atom stereocenters. The van der Waals surface area contributed by atoms with Crippen LogP contribution in [0, 0.1) is 13.8 Å². The number of nitrogens with zero attached hydrogens (tertiary/aromatic N) is 4. The second kappa shape index (κ2) is 11.1. The minimum Gasteiger partial charge on any atom is -0.340 e. The number of piperazine rings is 1. The number of carbonyl (C=O) groups is 1. The molecule has 1 aliphatic heterocycles. The lowest BCUT2D eigenvalue weighted by atomic mass is 10.1. The van der Waals surface area contributed by atoms with E-state index in [9.17, 15) is 4.79 Å². The lowest BCUT2D eigenvalue weighted by molar-refractivity contribution is -0.132. The first-order valence-corrected chi connectivity index (χ1v) is 7.22. The smallest absolute Gasteiger partial charge is 0.223 e. The SMILES string of the molecule is Cc1nn(C)c(C)c1CN1CCN(C(=O)CCN)CC1.Cl.Cl.Cl. The average molecular weight is 389 g/mol. The molecule has 1 saturated heterocycles. The zero-order valence-corrected chi connectivity index (χ0v) is 16.4. The van der Waals surface area contributed by atoms with Gasteiger partial charge >= 0.3 is 0 Å². The fraction of sp³-hybridized carbons (Fsp3) is 0.714. The summed E-state index contributed by atoms with van der Waals surface area (Å²) in [5, 5.41) is 4.46. The minimum atomic E-state index is 0. The van der Waals surface area contributed by atoms with Crippen LogP contribution in [0.15, 0.2) is 0 Å². The molecule has 2 rings (SSSR count). The summed E-state index contributed by atoms with van der Waals surface area (Å²) in [6, 6.07) is 0. The van der Waals surface area contributed by atoms with Crippen molar-refractivity contribution >= 4 is 43.1 Å². The van der Waals surface area contributed by atoms with Crippen LogP contribution in [-0.4, -0.2) is 58.2 Å². The van der Waals surface area contributed by atoms with Crippen LogP contribution in [0.5, 0.6) is 0 Å². The van der Waals surface area contributed by atoms with Crippen LogP contribution in [0.4, 0.5) is 0 Å². The summed E-state index contributed by atoms with van der Waals surface area (Å²) in [6.07, 6.45) is 0.459. The Morgan fingerprint density at radius 2 is 1.70 bits per heavy atom. The van der Waals surface area contributed by atoms with E-state index in [2.05, 4.69) is 23.8 Å². The first kappa shape index (κ1) is 24.7. The Kier molecular flexibility index (Phi) is 11.9. The molecular formula is C14H28Cl3N5O. The van der Waals surface area contributed by atoms with E-state index < -0.39 is 0 Å². The predicted molar refractivity (Wildman–Crippen MR) is 100.0 cm³/mol. The Hall–Kier alpha value is -0.530. The Morgan fingerprint density at radius 1 is 1.13 bits per heavy atom. The van der Waals surface area contributed by atoms with Gasteiger partial charge in [0.1, 0.15) is 0 Å². The van der Waals surface area contributed by atoms with Crippen molar-refractivity contribution in [3.05, 3.63) is 17.0 Å². The van der Waals surface area contributed by atoms with Gasteiger partial charge in [-0.05, 0) is 13.8 Å². The first-order valence-electron chi connectivity index (χ1n) is 7.22. The standard InChI is InChI=1S/C14H25N5O.3ClH/c1-11-13(12(2)17(3)16-11)10-18-6-8-19(9-7-18)14(20)4-5-15;;;/h4-10,15H2,1-3H3;3*1H. The van der Waals surface area contributed by atoms with Crippen LogP contribution in [0.1, 0.15) is 23.4 Å². The quantitative estimate of drug-likeness (QED) is 0.844. The fourth-order valence-corrected chi connectivity index (χ4v) is 2.71.